The first-order valence-electron chi connectivity index (χ1n) is 14.1. The summed E-state index contributed by atoms with van der Waals surface area (Å²) in [6.45, 7) is 3.35. The Morgan fingerprint density at radius 1 is 0.960 bits per heavy atom. The molecular weight excluding hydrogens is 710 g/mol. The van der Waals surface area contributed by atoms with Gasteiger partial charge in [-0.3, -0.25) is 25.2 Å². The minimum Gasteiger partial charge on any atom is -0.475 e. The SMILES string of the molecule is COC(=O)C[C@H](NC1(C)CCCCN1Cc1ccc(C(=O)Oc2ccc(C(=N)N)cc2)s1)C(=O)OC.O=C(O)C(F)(F)F.O=C(O)C(F)(F)F. The minimum atomic E-state index is -5.08. The number of carbonyl (C=O) groups excluding carboxylic acids is 3. The fourth-order valence-electron chi connectivity index (χ4n) is 4.18. The molecule has 21 heteroatoms. The number of carboxylic acids is 2. The molecule has 14 nitrogen and oxygen atoms in total. The number of alkyl halides is 6. The molecule has 2 aromatic rings. The summed E-state index contributed by atoms with van der Waals surface area (Å²) in [7, 11) is 2.57. The van der Waals surface area contributed by atoms with Gasteiger partial charge in [-0.1, -0.05) is 0 Å². The summed E-state index contributed by atoms with van der Waals surface area (Å²) in [5.74, 6) is -6.69. The van der Waals surface area contributed by atoms with Crippen LogP contribution in [-0.4, -0.2) is 95.6 Å². The number of nitrogens with zero attached hydrogens (tertiary/aromatic N) is 1. The molecule has 2 heterocycles. The first-order chi connectivity index (χ1) is 23.0. The van der Waals surface area contributed by atoms with Gasteiger partial charge in [-0.2, -0.15) is 26.3 Å². The Morgan fingerprint density at radius 2 is 1.50 bits per heavy atom. The van der Waals surface area contributed by atoms with Gasteiger partial charge in [0, 0.05) is 23.5 Å². The van der Waals surface area contributed by atoms with Crippen molar-refractivity contribution >= 4 is 47.0 Å². The molecule has 0 aliphatic carbocycles. The summed E-state index contributed by atoms with van der Waals surface area (Å²) < 4.78 is 78.6. The third-order valence-electron chi connectivity index (χ3n) is 6.68. The van der Waals surface area contributed by atoms with Crippen molar-refractivity contribution in [1.29, 1.82) is 5.41 Å². The van der Waals surface area contributed by atoms with Crippen LogP contribution in [0.2, 0.25) is 0 Å². The van der Waals surface area contributed by atoms with Crippen molar-refractivity contribution in [2.24, 2.45) is 5.73 Å². The maximum Gasteiger partial charge on any atom is 0.490 e. The van der Waals surface area contributed by atoms with E-state index >= 15 is 0 Å². The summed E-state index contributed by atoms with van der Waals surface area (Å²) in [6.07, 6.45) is -7.56. The van der Waals surface area contributed by atoms with Crippen LogP contribution >= 0.6 is 11.3 Å². The van der Waals surface area contributed by atoms with Crippen molar-refractivity contribution in [3.05, 3.63) is 51.7 Å². The number of thiophene rings is 1. The molecule has 278 valence electrons. The van der Waals surface area contributed by atoms with E-state index in [-0.39, 0.29) is 12.3 Å². The van der Waals surface area contributed by atoms with Gasteiger partial charge in [-0.15, -0.1) is 11.3 Å². The molecule has 0 radical (unpaired) electrons. The van der Waals surface area contributed by atoms with E-state index in [4.69, 9.17) is 45.2 Å². The van der Waals surface area contributed by atoms with Gasteiger partial charge in [0.1, 0.15) is 22.5 Å². The largest absolute Gasteiger partial charge is 0.490 e. The average Bonchev–Trinajstić information content (AvgIpc) is 3.50. The molecule has 1 aliphatic rings. The lowest BCUT2D eigenvalue weighted by atomic mass is 9.95. The minimum absolute atomic E-state index is 0.0572. The van der Waals surface area contributed by atoms with Crippen LogP contribution in [0.25, 0.3) is 0 Å². The number of hydrogen-bond donors (Lipinski definition) is 5. The Labute approximate surface area is 284 Å². The summed E-state index contributed by atoms with van der Waals surface area (Å²) in [4.78, 5) is 58.3. The van der Waals surface area contributed by atoms with E-state index in [1.807, 2.05) is 13.0 Å². The molecular formula is C29H34F6N4O10S. The lowest BCUT2D eigenvalue weighted by Crippen LogP contribution is -2.63. The van der Waals surface area contributed by atoms with Crippen LogP contribution in [0, 0.1) is 5.41 Å². The fourth-order valence-corrected chi connectivity index (χ4v) is 5.08. The lowest BCUT2D eigenvalue weighted by Gasteiger charge is -2.46. The second-order valence-electron chi connectivity index (χ2n) is 10.4. The Kier molecular flexibility index (Phi) is 16.3. The number of carboxylic acid groups (broad SMARTS) is 2. The molecule has 2 atom stereocenters. The third kappa shape index (κ3) is 14.4. The number of benzene rings is 1. The molecule has 1 fully saturated rings. The van der Waals surface area contributed by atoms with Gasteiger partial charge in [-0.25, -0.2) is 14.4 Å². The van der Waals surface area contributed by atoms with Crippen molar-refractivity contribution in [3.8, 4) is 5.75 Å². The van der Waals surface area contributed by atoms with Crippen LogP contribution in [0.5, 0.6) is 5.75 Å². The number of likely N-dealkylation sites (tertiary alicyclic amines) is 1. The standard InChI is InChI=1S/C25H32N4O6S.2C2HF3O2/c1-25(28-19(23(31)34-3)14-21(30)33-2)12-4-5-13-29(25)15-18-10-11-20(36-18)24(32)35-17-8-6-16(7-9-17)22(26)27;2*3-2(4,5)1(6)7/h6-11,19,28H,4-5,12-15H2,1-3H3,(H3,26,27);2*(H,6,7)/t19-,25?;;/m0../s1. The predicted molar refractivity (Wildman–Crippen MR) is 162 cm³/mol. The second kappa shape index (κ2) is 18.9. The smallest absolute Gasteiger partial charge is 0.475 e. The number of nitrogens with two attached hydrogens (primary N) is 1. The highest BCUT2D eigenvalue weighted by atomic mass is 32.1. The molecule has 1 aromatic carbocycles. The Morgan fingerprint density at radius 3 is 1.96 bits per heavy atom. The number of aliphatic carboxylic acids is 2. The van der Waals surface area contributed by atoms with E-state index in [2.05, 4.69) is 10.2 Å². The number of amidine groups is 1. The van der Waals surface area contributed by atoms with Crippen LogP contribution in [0.15, 0.2) is 36.4 Å². The summed E-state index contributed by atoms with van der Waals surface area (Å²) in [5, 5.41) is 25.0. The zero-order chi connectivity index (χ0) is 38.4. The van der Waals surface area contributed by atoms with Crippen molar-refractivity contribution in [1.82, 2.24) is 10.2 Å². The number of hydrogen-bond acceptors (Lipinski definition) is 12. The van der Waals surface area contributed by atoms with Gasteiger partial charge >= 0.3 is 42.2 Å². The monoisotopic (exact) mass is 744 g/mol. The highest BCUT2D eigenvalue weighted by molar-refractivity contribution is 7.13. The highest BCUT2D eigenvalue weighted by Crippen LogP contribution is 2.30. The number of carbonyl (C=O) groups is 5. The maximum absolute atomic E-state index is 12.7. The van der Waals surface area contributed by atoms with Gasteiger partial charge in [0.25, 0.3) is 0 Å². The number of ether oxygens (including phenoxy) is 3. The number of methoxy groups -OCH3 is 2. The number of halogens is 6. The highest BCUT2D eigenvalue weighted by Gasteiger charge is 2.40. The number of esters is 3. The average molecular weight is 745 g/mol. The molecule has 1 unspecified atom stereocenters. The van der Waals surface area contributed by atoms with E-state index in [9.17, 15) is 40.7 Å². The summed E-state index contributed by atoms with van der Waals surface area (Å²) in [6, 6.07) is 9.22. The van der Waals surface area contributed by atoms with Crippen molar-refractivity contribution in [3.63, 3.8) is 0 Å². The van der Waals surface area contributed by atoms with Crippen LogP contribution in [0.4, 0.5) is 26.3 Å². The molecule has 3 rings (SSSR count). The molecule has 0 spiro atoms. The van der Waals surface area contributed by atoms with Gasteiger partial charge in [0.05, 0.1) is 26.3 Å². The van der Waals surface area contributed by atoms with Gasteiger partial charge in [0.2, 0.25) is 0 Å². The zero-order valence-electron chi connectivity index (χ0n) is 26.6. The van der Waals surface area contributed by atoms with Crippen LogP contribution in [-0.2, 0) is 35.2 Å². The normalized spacial score (nSPS) is 16.7. The van der Waals surface area contributed by atoms with Crippen molar-refractivity contribution < 1.29 is 74.7 Å². The fraction of sp³-hybridized carbons (Fsp3) is 0.448. The number of rotatable bonds is 10. The maximum atomic E-state index is 12.7. The molecule has 1 aliphatic heterocycles. The lowest BCUT2D eigenvalue weighted by molar-refractivity contribution is -0.193. The second-order valence-corrected chi connectivity index (χ2v) is 11.5. The van der Waals surface area contributed by atoms with Crippen molar-refractivity contribution in [2.75, 3.05) is 20.8 Å². The zero-order valence-corrected chi connectivity index (χ0v) is 27.5. The molecule has 0 saturated carbocycles. The van der Waals surface area contributed by atoms with Gasteiger partial charge in [0.15, 0.2) is 0 Å². The molecule has 0 bridgehead atoms. The van der Waals surface area contributed by atoms with Crippen LogP contribution in [0.3, 0.4) is 0 Å². The van der Waals surface area contributed by atoms with E-state index < -0.39 is 53.9 Å². The van der Waals surface area contributed by atoms with E-state index in [1.165, 1.54) is 25.6 Å². The van der Waals surface area contributed by atoms with Crippen molar-refractivity contribution in [2.45, 2.75) is 63.2 Å². The molecule has 0 amide bonds. The van der Waals surface area contributed by atoms with Crippen LogP contribution in [0.1, 0.15) is 52.7 Å². The predicted octanol–water partition coefficient (Wildman–Crippen LogP) is 3.91. The summed E-state index contributed by atoms with van der Waals surface area (Å²) >= 11 is 1.34. The van der Waals surface area contributed by atoms with E-state index in [1.54, 1.807) is 30.3 Å². The van der Waals surface area contributed by atoms with E-state index in [0.29, 0.717) is 22.7 Å². The number of piperidine rings is 1. The molecule has 1 aromatic heterocycles. The Balaban J connectivity index is 0.000000748. The Bertz CT molecular complexity index is 1480. The van der Waals surface area contributed by atoms with Gasteiger partial charge in [-0.05, 0) is 62.6 Å². The number of nitrogen functional groups attached to an aromatic ring is 1. The summed E-state index contributed by atoms with van der Waals surface area (Å²) in [5.41, 5.74) is 5.44. The molecule has 50 heavy (non-hydrogen) atoms. The number of nitrogens with one attached hydrogen (secondary N) is 2. The third-order valence-corrected chi connectivity index (χ3v) is 7.73. The first kappa shape index (κ1) is 43.3. The molecule has 6 N–H and O–H groups in total. The van der Waals surface area contributed by atoms with Crippen LogP contribution < -0.4 is 15.8 Å². The quantitative estimate of drug-likeness (QED) is 0.0767. The first-order valence-corrected chi connectivity index (χ1v) is 14.9. The Hall–Kier alpha value is -4.76. The van der Waals surface area contributed by atoms with E-state index in [0.717, 1.165) is 30.7 Å². The molecule has 1 saturated heterocycles. The topological polar surface area (TPSA) is 219 Å². The van der Waals surface area contributed by atoms with Gasteiger partial charge < -0.3 is 30.2 Å².